The van der Waals surface area contributed by atoms with Crippen LogP contribution in [-0.2, 0) is 11.2 Å². The molecule has 4 heteroatoms. The minimum Gasteiger partial charge on any atom is -0.325 e. The second kappa shape index (κ2) is 7.52. The first-order chi connectivity index (χ1) is 11.6. The van der Waals surface area contributed by atoms with Crippen LogP contribution in [0.4, 0.5) is 5.69 Å². The van der Waals surface area contributed by atoms with E-state index >= 15 is 0 Å². The van der Waals surface area contributed by atoms with Gasteiger partial charge in [-0.05, 0) is 29.3 Å². The molecule has 24 heavy (non-hydrogen) atoms. The van der Waals surface area contributed by atoms with Gasteiger partial charge < -0.3 is 5.32 Å². The van der Waals surface area contributed by atoms with E-state index in [-0.39, 0.29) is 12.3 Å². The fraction of sp³-hybridized carbons (Fsp3) is 0.0500. The highest BCUT2D eigenvalue weighted by atomic mass is 35.5. The molecule has 0 saturated carbocycles. The number of nitrogens with one attached hydrogen (secondary N) is 1. The van der Waals surface area contributed by atoms with Crippen molar-refractivity contribution in [3.63, 3.8) is 0 Å². The Morgan fingerprint density at radius 1 is 0.833 bits per heavy atom. The molecule has 3 aromatic rings. The molecule has 0 aliphatic rings. The summed E-state index contributed by atoms with van der Waals surface area (Å²) in [5.41, 5.74) is 3.65. The Bertz CT molecular complexity index is 863. The van der Waals surface area contributed by atoms with Gasteiger partial charge in [0.2, 0.25) is 5.91 Å². The topological polar surface area (TPSA) is 29.1 Å². The van der Waals surface area contributed by atoms with Gasteiger partial charge in [-0.25, -0.2) is 0 Å². The molecule has 1 amide bonds. The van der Waals surface area contributed by atoms with E-state index in [4.69, 9.17) is 23.2 Å². The minimum atomic E-state index is -0.100. The van der Waals surface area contributed by atoms with Crippen molar-refractivity contribution in [2.45, 2.75) is 6.42 Å². The van der Waals surface area contributed by atoms with Crippen molar-refractivity contribution in [2.75, 3.05) is 5.32 Å². The van der Waals surface area contributed by atoms with Gasteiger partial charge in [-0.1, -0.05) is 77.8 Å². The van der Waals surface area contributed by atoms with Crippen LogP contribution in [0, 0.1) is 0 Å². The summed E-state index contributed by atoms with van der Waals surface area (Å²) in [5.74, 6) is -0.100. The maximum atomic E-state index is 12.4. The van der Waals surface area contributed by atoms with E-state index in [2.05, 4.69) is 5.32 Å². The van der Waals surface area contributed by atoms with Crippen LogP contribution >= 0.6 is 23.2 Å². The smallest absolute Gasteiger partial charge is 0.228 e. The molecule has 0 saturated heterocycles. The summed E-state index contributed by atoms with van der Waals surface area (Å²) >= 11 is 11.9. The number of para-hydroxylation sites is 1. The Morgan fingerprint density at radius 3 is 2.29 bits per heavy atom. The van der Waals surface area contributed by atoms with Gasteiger partial charge in [0.25, 0.3) is 0 Å². The Morgan fingerprint density at radius 2 is 1.54 bits per heavy atom. The van der Waals surface area contributed by atoms with Gasteiger partial charge in [-0.3, -0.25) is 4.79 Å². The molecular formula is C20H15Cl2NO. The van der Waals surface area contributed by atoms with Crippen LogP contribution in [-0.4, -0.2) is 5.91 Å². The Labute approximate surface area is 151 Å². The number of amides is 1. The molecular weight excluding hydrogens is 341 g/mol. The molecule has 0 heterocycles. The molecule has 3 rings (SSSR count). The third-order valence-corrected chi connectivity index (χ3v) is 4.37. The maximum absolute atomic E-state index is 12.4. The first kappa shape index (κ1) is 16.6. The van der Waals surface area contributed by atoms with Crippen LogP contribution in [0.1, 0.15) is 5.56 Å². The Kier molecular flexibility index (Phi) is 5.19. The van der Waals surface area contributed by atoms with Gasteiger partial charge in [0, 0.05) is 11.3 Å². The zero-order valence-electron chi connectivity index (χ0n) is 12.8. The zero-order chi connectivity index (χ0) is 16.9. The van der Waals surface area contributed by atoms with Crippen molar-refractivity contribution >= 4 is 34.8 Å². The Balaban J connectivity index is 1.79. The summed E-state index contributed by atoms with van der Waals surface area (Å²) in [7, 11) is 0. The monoisotopic (exact) mass is 355 g/mol. The molecule has 0 spiro atoms. The molecule has 2 nitrogen and oxygen atoms in total. The number of anilines is 1. The maximum Gasteiger partial charge on any atom is 0.228 e. The van der Waals surface area contributed by atoms with Gasteiger partial charge >= 0.3 is 0 Å². The molecule has 0 unspecified atom stereocenters. The normalized spacial score (nSPS) is 10.4. The fourth-order valence-electron chi connectivity index (χ4n) is 2.49. The first-order valence-electron chi connectivity index (χ1n) is 7.52. The van der Waals surface area contributed by atoms with Crippen molar-refractivity contribution in [3.8, 4) is 11.1 Å². The fourth-order valence-corrected chi connectivity index (χ4v) is 2.81. The van der Waals surface area contributed by atoms with Crippen molar-refractivity contribution in [3.05, 3.63) is 88.4 Å². The lowest BCUT2D eigenvalue weighted by atomic mass is 10.0. The molecule has 0 aromatic heterocycles. The highest BCUT2D eigenvalue weighted by Crippen LogP contribution is 2.28. The summed E-state index contributed by atoms with van der Waals surface area (Å²) in [6, 6.07) is 22.9. The number of benzene rings is 3. The Hall–Kier alpha value is -2.29. The highest BCUT2D eigenvalue weighted by molar-refractivity contribution is 6.42. The molecule has 0 aliphatic heterocycles. The quantitative estimate of drug-likeness (QED) is 0.625. The lowest BCUT2D eigenvalue weighted by Gasteiger charge is -2.11. The van der Waals surface area contributed by atoms with Gasteiger partial charge in [-0.15, -0.1) is 0 Å². The summed E-state index contributed by atoms with van der Waals surface area (Å²) in [6.07, 6.45) is 0.236. The molecule has 0 radical (unpaired) electrons. The standard InChI is InChI=1S/C20H15Cl2NO/c21-17-11-10-14(12-18(17)22)13-20(24)23-19-9-5-4-8-16(19)15-6-2-1-3-7-15/h1-12H,13H2,(H,23,24). The third kappa shape index (κ3) is 3.97. The minimum absolute atomic E-state index is 0.100. The lowest BCUT2D eigenvalue weighted by Crippen LogP contribution is -2.15. The molecule has 0 fully saturated rings. The van der Waals surface area contributed by atoms with Crippen LogP contribution in [0.15, 0.2) is 72.8 Å². The van der Waals surface area contributed by atoms with Crippen LogP contribution in [0.25, 0.3) is 11.1 Å². The van der Waals surface area contributed by atoms with Crippen molar-refractivity contribution in [1.29, 1.82) is 0 Å². The van der Waals surface area contributed by atoms with E-state index in [0.717, 1.165) is 22.4 Å². The molecule has 1 N–H and O–H groups in total. The van der Waals surface area contributed by atoms with Gasteiger partial charge in [0.05, 0.1) is 16.5 Å². The van der Waals surface area contributed by atoms with Crippen LogP contribution in [0.3, 0.4) is 0 Å². The van der Waals surface area contributed by atoms with Crippen LogP contribution < -0.4 is 5.32 Å². The average molecular weight is 356 g/mol. The van der Waals surface area contributed by atoms with E-state index in [1.807, 2.05) is 54.6 Å². The molecule has 3 aromatic carbocycles. The number of hydrogen-bond donors (Lipinski definition) is 1. The average Bonchev–Trinajstić information content (AvgIpc) is 2.59. The van der Waals surface area contributed by atoms with E-state index < -0.39 is 0 Å². The zero-order valence-corrected chi connectivity index (χ0v) is 14.3. The number of hydrogen-bond acceptors (Lipinski definition) is 1. The predicted octanol–water partition coefficient (Wildman–Crippen LogP) is 5.84. The van der Waals surface area contributed by atoms with E-state index in [0.29, 0.717) is 10.0 Å². The molecule has 0 bridgehead atoms. The highest BCUT2D eigenvalue weighted by Gasteiger charge is 2.09. The summed E-state index contributed by atoms with van der Waals surface area (Å²) < 4.78 is 0. The summed E-state index contributed by atoms with van der Waals surface area (Å²) in [6.45, 7) is 0. The number of carbonyl (C=O) groups excluding carboxylic acids is 1. The second-order valence-electron chi connectivity index (χ2n) is 5.39. The largest absolute Gasteiger partial charge is 0.325 e. The number of halogens is 2. The molecule has 0 atom stereocenters. The number of carbonyl (C=O) groups is 1. The van der Waals surface area contributed by atoms with E-state index in [1.54, 1.807) is 18.2 Å². The molecule has 120 valence electrons. The lowest BCUT2D eigenvalue weighted by molar-refractivity contribution is -0.115. The van der Waals surface area contributed by atoms with Gasteiger partial charge in [-0.2, -0.15) is 0 Å². The van der Waals surface area contributed by atoms with Crippen LogP contribution in [0.2, 0.25) is 10.0 Å². The van der Waals surface area contributed by atoms with Crippen molar-refractivity contribution < 1.29 is 4.79 Å². The van der Waals surface area contributed by atoms with Gasteiger partial charge in [0.15, 0.2) is 0 Å². The first-order valence-corrected chi connectivity index (χ1v) is 8.27. The van der Waals surface area contributed by atoms with E-state index in [1.165, 1.54) is 0 Å². The van der Waals surface area contributed by atoms with Crippen LogP contribution in [0.5, 0.6) is 0 Å². The third-order valence-electron chi connectivity index (χ3n) is 3.63. The second-order valence-corrected chi connectivity index (χ2v) is 6.20. The summed E-state index contributed by atoms with van der Waals surface area (Å²) in [4.78, 5) is 12.4. The predicted molar refractivity (Wildman–Crippen MR) is 101 cm³/mol. The van der Waals surface area contributed by atoms with Crippen molar-refractivity contribution in [1.82, 2.24) is 0 Å². The molecule has 0 aliphatic carbocycles. The van der Waals surface area contributed by atoms with Crippen molar-refractivity contribution in [2.24, 2.45) is 0 Å². The SMILES string of the molecule is O=C(Cc1ccc(Cl)c(Cl)c1)Nc1ccccc1-c1ccccc1. The van der Waals surface area contributed by atoms with Gasteiger partial charge in [0.1, 0.15) is 0 Å². The summed E-state index contributed by atoms with van der Waals surface area (Å²) in [5, 5.41) is 3.91. The van der Waals surface area contributed by atoms with E-state index in [9.17, 15) is 4.79 Å². The number of rotatable bonds is 4.